The van der Waals surface area contributed by atoms with Crippen molar-refractivity contribution in [2.24, 2.45) is 0 Å². The molecule has 2 aromatic rings. The fourth-order valence-electron chi connectivity index (χ4n) is 3.56. The number of aliphatic hydroxyl groups excluding tert-OH is 1. The topological polar surface area (TPSA) is 91.3 Å². The second-order valence-corrected chi connectivity index (χ2v) is 6.22. The minimum absolute atomic E-state index is 0.187. The lowest BCUT2D eigenvalue weighted by molar-refractivity contribution is -0.0591. The third-order valence-electron chi connectivity index (χ3n) is 4.80. The molecule has 3 heterocycles. The molecule has 1 spiro atoms. The van der Waals surface area contributed by atoms with Crippen molar-refractivity contribution in [2.75, 3.05) is 19.7 Å². The molecule has 2 saturated heterocycles. The number of aromatic nitrogens is 3. The van der Waals surface area contributed by atoms with Crippen LogP contribution in [0.25, 0.3) is 0 Å². The van der Waals surface area contributed by atoms with Gasteiger partial charge in [0.2, 0.25) is 5.82 Å². The number of hydrogen-bond donors (Lipinski definition) is 2. The van der Waals surface area contributed by atoms with Gasteiger partial charge in [-0.2, -0.15) is 5.10 Å². The minimum Gasteiger partial charge on any atom is -0.388 e. The Morgan fingerprint density at radius 1 is 1.39 bits per heavy atom. The number of aliphatic hydroxyl groups is 1. The van der Waals surface area contributed by atoms with Gasteiger partial charge in [-0.3, -0.25) is 9.89 Å². The van der Waals surface area contributed by atoms with E-state index in [0.717, 1.165) is 0 Å². The van der Waals surface area contributed by atoms with Crippen molar-refractivity contribution < 1.29 is 14.6 Å². The number of hydrogen-bond acceptors (Lipinski definition) is 5. The van der Waals surface area contributed by atoms with E-state index in [0.29, 0.717) is 19.6 Å². The van der Waals surface area contributed by atoms with Gasteiger partial charge >= 0.3 is 0 Å². The Balaban J connectivity index is 1.51. The normalized spacial score (nSPS) is 30.2. The fraction of sp³-hybridized carbons (Fsp3) is 0.438. The Labute approximate surface area is 133 Å². The molecule has 0 unspecified atom stereocenters. The van der Waals surface area contributed by atoms with Crippen molar-refractivity contribution in [3.63, 3.8) is 0 Å². The van der Waals surface area contributed by atoms with E-state index in [1.54, 1.807) is 4.90 Å². The minimum atomic E-state index is -0.692. The molecule has 7 nitrogen and oxygen atoms in total. The van der Waals surface area contributed by atoms with E-state index in [2.05, 4.69) is 27.3 Å². The summed E-state index contributed by atoms with van der Waals surface area (Å²) < 4.78 is 5.99. The highest BCUT2D eigenvalue weighted by Gasteiger charge is 2.53. The van der Waals surface area contributed by atoms with E-state index in [9.17, 15) is 9.90 Å². The van der Waals surface area contributed by atoms with Gasteiger partial charge < -0.3 is 14.7 Å². The van der Waals surface area contributed by atoms with Crippen LogP contribution in [0.1, 0.15) is 28.5 Å². The Bertz CT molecular complexity index is 691. The average molecular weight is 314 g/mol. The Kier molecular flexibility index (Phi) is 3.39. The van der Waals surface area contributed by atoms with Crippen LogP contribution in [-0.2, 0) is 4.74 Å². The summed E-state index contributed by atoms with van der Waals surface area (Å²) in [5.41, 5.74) is 0.521. The van der Waals surface area contributed by atoms with Crippen LogP contribution >= 0.6 is 0 Å². The number of aromatic amines is 1. The van der Waals surface area contributed by atoms with Crippen LogP contribution < -0.4 is 0 Å². The average Bonchev–Trinajstić information content (AvgIpc) is 3.30. The van der Waals surface area contributed by atoms with Gasteiger partial charge in [-0.05, 0) is 12.0 Å². The lowest BCUT2D eigenvalue weighted by Gasteiger charge is -2.25. The van der Waals surface area contributed by atoms with Crippen LogP contribution in [0.4, 0.5) is 0 Å². The molecule has 0 radical (unpaired) electrons. The number of amides is 1. The Hall–Kier alpha value is -2.25. The summed E-state index contributed by atoms with van der Waals surface area (Å²) in [6.07, 6.45) is 1.31. The molecule has 23 heavy (non-hydrogen) atoms. The third-order valence-corrected chi connectivity index (χ3v) is 4.80. The first-order valence-corrected chi connectivity index (χ1v) is 7.69. The van der Waals surface area contributed by atoms with Gasteiger partial charge in [0.25, 0.3) is 5.91 Å². The molecule has 0 aliphatic carbocycles. The summed E-state index contributed by atoms with van der Waals surface area (Å²) in [6, 6.07) is 10.1. The molecular weight excluding hydrogens is 296 g/mol. The van der Waals surface area contributed by atoms with E-state index >= 15 is 0 Å². The van der Waals surface area contributed by atoms with Gasteiger partial charge in [0.15, 0.2) is 0 Å². The lowest BCUT2D eigenvalue weighted by Crippen LogP contribution is -2.41. The smallest absolute Gasteiger partial charge is 0.291 e. The largest absolute Gasteiger partial charge is 0.388 e. The summed E-state index contributed by atoms with van der Waals surface area (Å²) in [6.45, 7) is 1.18. The molecule has 2 aliphatic heterocycles. The van der Waals surface area contributed by atoms with Crippen molar-refractivity contribution in [2.45, 2.75) is 24.0 Å². The number of likely N-dealkylation sites (tertiary alicyclic amines) is 1. The van der Waals surface area contributed by atoms with Crippen LogP contribution in [-0.4, -0.2) is 62.5 Å². The van der Waals surface area contributed by atoms with E-state index in [4.69, 9.17) is 4.74 Å². The molecule has 7 heteroatoms. The van der Waals surface area contributed by atoms with Crippen molar-refractivity contribution in [3.8, 4) is 0 Å². The van der Waals surface area contributed by atoms with E-state index in [1.165, 1.54) is 11.9 Å². The molecule has 120 valence electrons. The third kappa shape index (κ3) is 2.42. The summed E-state index contributed by atoms with van der Waals surface area (Å²) in [7, 11) is 0. The zero-order valence-electron chi connectivity index (χ0n) is 12.6. The maximum absolute atomic E-state index is 12.4. The number of ether oxygens (including phenoxy) is 1. The predicted molar refractivity (Wildman–Crippen MR) is 80.8 cm³/mol. The zero-order chi connectivity index (χ0) is 15.9. The number of benzene rings is 1. The summed E-state index contributed by atoms with van der Waals surface area (Å²) in [5, 5.41) is 16.8. The number of H-pyrrole nitrogens is 1. The van der Waals surface area contributed by atoms with Crippen LogP contribution in [0, 0.1) is 0 Å². The number of rotatable bonds is 2. The molecule has 1 aromatic heterocycles. The monoisotopic (exact) mass is 314 g/mol. The maximum atomic E-state index is 12.4. The van der Waals surface area contributed by atoms with E-state index < -0.39 is 11.7 Å². The van der Waals surface area contributed by atoms with Gasteiger partial charge in [-0.1, -0.05) is 30.3 Å². The number of nitrogens with one attached hydrogen (secondary N) is 1. The fourth-order valence-corrected chi connectivity index (χ4v) is 3.56. The van der Waals surface area contributed by atoms with Crippen LogP contribution in [0.15, 0.2) is 36.7 Å². The molecule has 4 rings (SSSR count). The molecular formula is C16H18N4O3. The van der Waals surface area contributed by atoms with Gasteiger partial charge in [0.05, 0.1) is 19.7 Å². The van der Waals surface area contributed by atoms with Crippen molar-refractivity contribution >= 4 is 5.91 Å². The number of carbonyl (C=O) groups excluding carboxylic acids is 1. The predicted octanol–water partition coefficient (Wildman–Crippen LogP) is 0.564. The first-order chi connectivity index (χ1) is 11.2. The highest BCUT2D eigenvalue weighted by Crippen LogP contribution is 2.42. The maximum Gasteiger partial charge on any atom is 0.291 e. The van der Waals surface area contributed by atoms with Crippen molar-refractivity contribution in [1.29, 1.82) is 0 Å². The van der Waals surface area contributed by atoms with Gasteiger partial charge in [-0.15, -0.1) is 0 Å². The molecule has 1 amide bonds. The SMILES string of the molecule is O=C(c1ncn[nH]1)N1C[C@@H](O)[C@@]2(C[C@H](c3ccccc3)CO2)C1. The molecule has 2 fully saturated rings. The number of nitrogens with zero attached hydrogens (tertiary/aromatic N) is 3. The quantitative estimate of drug-likeness (QED) is 0.845. The first kappa shape index (κ1) is 14.3. The van der Waals surface area contributed by atoms with Gasteiger partial charge in [0.1, 0.15) is 18.0 Å². The van der Waals surface area contributed by atoms with Crippen molar-refractivity contribution in [3.05, 3.63) is 48.0 Å². The van der Waals surface area contributed by atoms with Gasteiger partial charge in [0, 0.05) is 5.92 Å². The molecule has 0 saturated carbocycles. The highest BCUT2D eigenvalue weighted by atomic mass is 16.5. The van der Waals surface area contributed by atoms with Gasteiger partial charge in [-0.25, -0.2) is 4.98 Å². The highest BCUT2D eigenvalue weighted by molar-refractivity contribution is 5.90. The van der Waals surface area contributed by atoms with E-state index in [1.807, 2.05) is 18.2 Å². The molecule has 1 aromatic carbocycles. The number of carbonyl (C=O) groups is 1. The van der Waals surface area contributed by atoms with E-state index in [-0.39, 0.29) is 24.2 Å². The Morgan fingerprint density at radius 3 is 2.96 bits per heavy atom. The molecule has 2 N–H and O–H groups in total. The van der Waals surface area contributed by atoms with Crippen LogP contribution in [0.2, 0.25) is 0 Å². The Morgan fingerprint density at radius 2 is 2.22 bits per heavy atom. The second-order valence-electron chi connectivity index (χ2n) is 6.22. The van der Waals surface area contributed by atoms with Crippen LogP contribution in [0.3, 0.4) is 0 Å². The molecule has 0 bridgehead atoms. The zero-order valence-corrected chi connectivity index (χ0v) is 12.6. The standard InChI is InChI=1S/C16H18N4O3/c21-13-7-20(15(22)14-17-10-18-19-14)9-16(13)6-12(8-23-16)11-4-2-1-3-5-11/h1-5,10,12-13,21H,6-9H2,(H,17,18,19)/t12-,13+,16+/m0/s1. The summed E-state index contributed by atoms with van der Waals surface area (Å²) >= 11 is 0. The summed E-state index contributed by atoms with van der Waals surface area (Å²) in [5.74, 6) is 0.170. The lowest BCUT2D eigenvalue weighted by atomic mass is 9.87. The van der Waals surface area contributed by atoms with Crippen molar-refractivity contribution in [1.82, 2.24) is 20.1 Å². The molecule has 3 atom stereocenters. The number of β-amino-alcohol motifs (C(OH)–C–C–N with tert-alkyl or cyclic N) is 1. The van der Waals surface area contributed by atoms with Crippen LogP contribution in [0.5, 0.6) is 0 Å². The first-order valence-electron chi connectivity index (χ1n) is 7.69. The molecule has 2 aliphatic rings. The summed E-state index contributed by atoms with van der Waals surface area (Å²) in [4.78, 5) is 17.8. The second kappa shape index (κ2) is 5.43.